The fraction of sp³-hybridized carbons (Fsp3) is 0.545. The topological polar surface area (TPSA) is 84.6 Å². The second-order valence-electron chi connectivity index (χ2n) is 7.82. The largest absolute Gasteiger partial charge is 0.497 e. The Bertz CT molecular complexity index is 761. The summed E-state index contributed by atoms with van der Waals surface area (Å²) in [6.07, 6.45) is 8.01. The van der Waals surface area contributed by atoms with Crippen LogP contribution in [0, 0.1) is 5.92 Å². The molecule has 1 aliphatic carbocycles. The van der Waals surface area contributed by atoms with Crippen LogP contribution in [0.25, 0.3) is 11.3 Å². The maximum Gasteiger partial charge on any atom is 0.220 e. The first kappa shape index (κ1) is 20.4. The van der Waals surface area contributed by atoms with Crippen molar-refractivity contribution >= 4 is 5.91 Å². The van der Waals surface area contributed by atoms with Crippen LogP contribution in [0.4, 0.5) is 0 Å². The third kappa shape index (κ3) is 5.35. The normalized spacial score (nSPS) is 17.1. The molecule has 1 aromatic carbocycles. The summed E-state index contributed by atoms with van der Waals surface area (Å²) in [5.74, 6) is 2.14. The molecule has 1 aliphatic rings. The highest BCUT2D eigenvalue weighted by Gasteiger charge is 2.32. The summed E-state index contributed by atoms with van der Waals surface area (Å²) >= 11 is 0. The number of aromatic nitrogens is 1. The van der Waals surface area contributed by atoms with Gasteiger partial charge in [0.25, 0.3) is 0 Å². The number of benzene rings is 1. The number of rotatable bonds is 8. The van der Waals surface area contributed by atoms with E-state index in [1.807, 2.05) is 31.2 Å². The summed E-state index contributed by atoms with van der Waals surface area (Å²) in [6, 6.07) is 7.54. The lowest BCUT2D eigenvalue weighted by molar-refractivity contribution is -0.123. The summed E-state index contributed by atoms with van der Waals surface area (Å²) in [5, 5.41) is 13.6. The van der Waals surface area contributed by atoms with Crippen molar-refractivity contribution in [1.82, 2.24) is 10.3 Å². The molecule has 1 atom stereocenters. The lowest BCUT2D eigenvalue weighted by atomic mass is 9.78. The third-order valence-electron chi connectivity index (χ3n) is 5.62. The number of nitrogens with zero attached hydrogens (tertiary/aromatic N) is 1. The molecular formula is C22H30N2O4. The van der Waals surface area contributed by atoms with Crippen LogP contribution in [0.3, 0.4) is 0 Å². The lowest BCUT2D eigenvalue weighted by Gasteiger charge is -2.35. The second-order valence-corrected chi connectivity index (χ2v) is 7.82. The van der Waals surface area contributed by atoms with Gasteiger partial charge in [-0.25, -0.2) is 4.98 Å². The van der Waals surface area contributed by atoms with Crippen molar-refractivity contribution in [3.05, 3.63) is 36.4 Å². The predicted octanol–water partition coefficient (Wildman–Crippen LogP) is 3.73. The zero-order valence-electron chi connectivity index (χ0n) is 16.7. The number of carbonyl (C=O) groups excluding carboxylic acids is 1. The Labute approximate surface area is 166 Å². The van der Waals surface area contributed by atoms with E-state index in [4.69, 9.17) is 9.15 Å². The fourth-order valence-corrected chi connectivity index (χ4v) is 3.77. The van der Waals surface area contributed by atoms with Gasteiger partial charge in [-0.15, -0.1) is 0 Å². The van der Waals surface area contributed by atoms with Crippen LogP contribution < -0.4 is 10.1 Å². The second kappa shape index (κ2) is 9.24. The smallest absolute Gasteiger partial charge is 0.220 e. The van der Waals surface area contributed by atoms with E-state index in [-0.39, 0.29) is 18.2 Å². The minimum absolute atomic E-state index is 0.0970. The molecule has 152 valence electrons. The minimum Gasteiger partial charge on any atom is -0.497 e. The van der Waals surface area contributed by atoms with E-state index in [1.165, 1.54) is 6.42 Å². The summed E-state index contributed by atoms with van der Waals surface area (Å²) in [4.78, 5) is 16.4. The number of amides is 1. The molecule has 1 aromatic heterocycles. The van der Waals surface area contributed by atoms with E-state index < -0.39 is 5.60 Å². The zero-order chi connectivity index (χ0) is 20.0. The molecule has 2 aromatic rings. The Morgan fingerprint density at radius 3 is 2.68 bits per heavy atom. The van der Waals surface area contributed by atoms with Gasteiger partial charge in [0.2, 0.25) is 5.91 Å². The summed E-state index contributed by atoms with van der Waals surface area (Å²) in [6.45, 7) is 2.12. The van der Waals surface area contributed by atoms with Gasteiger partial charge in [0, 0.05) is 24.9 Å². The molecule has 2 N–H and O–H groups in total. The van der Waals surface area contributed by atoms with E-state index in [0.717, 1.165) is 37.0 Å². The highest BCUT2D eigenvalue weighted by molar-refractivity contribution is 5.76. The van der Waals surface area contributed by atoms with Gasteiger partial charge in [0.15, 0.2) is 11.7 Å². The number of nitrogens with one attached hydrogen (secondary N) is 1. The van der Waals surface area contributed by atoms with Crippen molar-refractivity contribution < 1.29 is 19.1 Å². The molecule has 6 heteroatoms. The van der Waals surface area contributed by atoms with Gasteiger partial charge in [-0.2, -0.15) is 0 Å². The van der Waals surface area contributed by atoms with Gasteiger partial charge in [-0.3, -0.25) is 4.79 Å². The number of hydrogen-bond acceptors (Lipinski definition) is 5. The zero-order valence-corrected chi connectivity index (χ0v) is 16.7. The number of aryl methyl sites for hydroxylation is 1. The highest BCUT2D eigenvalue weighted by atomic mass is 16.5. The molecular weight excluding hydrogens is 356 g/mol. The molecule has 1 amide bonds. The molecule has 3 rings (SSSR count). The summed E-state index contributed by atoms with van der Waals surface area (Å²) < 4.78 is 10.9. The van der Waals surface area contributed by atoms with E-state index in [1.54, 1.807) is 13.3 Å². The quantitative estimate of drug-likeness (QED) is 0.722. The average Bonchev–Trinajstić information content (AvgIpc) is 3.20. The first-order chi connectivity index (χ1) is 13.5. The molecule has 1 fully saturated rings. The molecule has 1 heterocycles. The third-order valence-corrected chi connectivity index (χ3v) is 5.62. The lowest BCUT2D eigenvalue weighted by Crippen LogP contribution is -2.46. The van der Waals surface area contributed by atoms with Crippen LogP contribution in [0.5, 0.6) is 5.75 Å². The predicted molar refractivity (Wildman–Crippen MR) is 107 cm³/mol. The Hall–Kier alpha value is -2.34. The maximum absolute atomic E-state index is 12.2. The van der Waals surface area contributed by atoms with Crippen LogP contribution in [0.15, 0.2) is 34.9 Å². The maximum atomic E-state index is 12.2. The first-order valence-electron chi connectivity index (χ1n) is 10.1. The van der Waals surface area contributed by atoms with Crippen LogP contribution >= 0.6 is 0 Å². The SMILES string of the molecule is COc1ccc(-c2cnc(CCC(=O)NC[C@@](C)(O)C3CCCCC3)o2)cc1. The van der Waals surface area contributed by atoms with Crippen molar-refractivity contribution in [3.8, 4) is 17.1 Å². The Morgan fingerprint density at radius 2 is 2.00 bits per heavy atom. The first-order valence-corrected chi connectivity index (χ1v) is 10.1. The molecule has 6 nitrogen and oxygen atoms in total. The molecule has 0 bridgehead atoms. The summed E-state index contributed by atoms with van der Waals surface area (Å²) in [7, 11) is 1.63. The molecule has 0 radical (unpaired) electrons. The Morgan fingerprint density at radius 1 is 1.29 bits per heavy atom. The summed E-state index contributed by atoms with van der Waals surface area (Å²) in [5.41, 5.74) is 0.0631. The van der Waals surface area contributed by atoms with Crippen molar-refractivity contribution in [2.24, 2.45) is 5.92 Å². The van der Waals surface area contributed by atoms with E-state index in [2.05, 4.69) is 10.3 Å². The number of methoxy groups -OCH3 is 1. The van der Waals surface area contributed by atoms with Crippen LogP contribution in [-0.2, 0) is 11.2 Å². The molecule has 0 unspecified atom stereocenters. The van der Waals surface area contributed by atoms with Crippen LogP contribution in [0.1, 0.15) is 51.3 Å². The number of oxazole rings is 1. The van der Waals surface area contributed by atoms with Crippen LogP contribution in [0.2, 0.25) is 0 Å². The molecule has 28 heavy (non-hydrogen) atoms. The number of aliphatic hydroxyl groups is 1. The van der Waals surface area contributed by atoms with Crippen molar-refractivity contribution in [2.45, 2.75) is 57.5 Å². The van der Waals surface area contributed by atoms with Crippen molar-refractivity contribution in [3.63, 3.8) is 0 Å². The molecule has 1 saturated carbocycles. The average molecular weight is 386 g/mol. The number of carbonyl (C=O) groups is 1. The van der Waals surface area contributed by atoms with Gasteiger partial charge >= 0.3 is 0 Å². The monoisotopic (exact) mass is 386 g/mol. The molecule has 0 aliphatic heterocycles. The van der Waals surface area contributed by atoms with E-state index in [0.29, 0.717) is 24.6 Å². The number of hydrogen-bond donors (Lipinski definition) is 2. The van der Waals surface area contributed by atoms with Gasteiger partial charge in [0.05, 0.1) is 18.9 Å². The van der Waals surface area contributed by atoms with Crippen molar-refractivity contribution in [2.75, 3.05) is 13.7 Å². The van der Waals surface area contributed by atoms with Crippen molar-refractivity contribution in [1.29, 1.82) is 0 Å². The Kier molecular flexibility index (Phi) is 6.73. The molecule has 0 spiro atoms. The standard InChI is InChI=1S/C22H30N2O4/c1-22(26,17-6-4-3-5-7-17)15-24-20(25)12-13-21-23-14-19(28-21)16-8-10-18(27-2)11-9-16/h8-11,14,17,26H,3-7,12-13,15H2,1-2H3,(H,24,25)/t22-/m1/s1. The van der Waals surface area contributed by atoms with Gasteiger partial charge < -0.3 is 19.6 Å². The molecule has 0 saturated heterocycles. The Balaban J connectivity index is 1.46. The van der Waals surface area contributed by atoms with E-state index in [9.17, 15) is 9.90 Å². The van der Waals surface area contributed by atoms with Crippen LogP contribution in [-0.4, -0.2) is 35.3 Å². The minimum atomic E-state index is -0.847. The van der Waals surface area contributed by atoms with Gasteiger partial charge in [-0.1, -0.05) is 19.3 Å². The fourth-order valence-electron chi connectivity index (χ4n) is 3.77. The van der Waals surface area contributed by atoms with E-state index >= 15 is 0 Å². The van der Waals surface area contributed by atoms with Gasteiger partial charge in [0.1, 0.15) is 5.75 Å². The number of ether oxygens (including phenoxy) is 1. The van der Waals surface area contributed by atoms with Gasteiger partial charge in [-0.05, 0) is 49.9 Å². The highest BCUT2D eigenvalue weighted by Crippen LogP contribution is 2.32.